The number of halogens is 1. The summed E-state index contributed by atoms with van der Waals surface area (Å²) in [6, 6.07) is 19.5. The summed E-state index contributed by atoms with van der Waals surface area (Å²) in [4.78, 5) is 2.77. The van der Waals surface area contributed by atoms with Gasteiger partial charge in [-0.2, -0.15) is 4.31 Å². The Hall–Kier alpha value is -1.40. The Kier molecular flexibility index (Phi) is 5.21. The molecule has 0 N–H and O–H groups in total. The number of rotatable bonds is 3. The summed E-state index contributed by atoms with van der Waals surface area (Å²) >= 11 is 0. The minimum atomic E-state index is -3.39. The summed E-state index contributed by atoms with van der Waals surface area (Å²) in [5.74, 6) is 0.759. The minimum absolute atomic E-state index is 0. The molecule has 2 saturated heterocycles. The van der Waals surface area contributed by atoms with Crippen LogP contribution in [0.25, 0.3) is 0 Å². The fourth-order valence-electron chi connectivity index (χ4n) is 4.31. The van der Waals surface area contributed by atoms with Crippen LogP contribution in [-0.4, -0.2) is 44.3 Å². The number of hydrogen-bond donors (Lipinski definition) is 0. The van der Waals surface area contributed by atoms with E-state index in [1.165, 1.54) is 5.56 Å². The molecule has 0 radical (unpaired) electrons. The molecule has 0 unspecified atom stereocenters. The van der Waals surface area contributed by atoms with Crippen LogP contribution < -0.4 is 0 Å². The number of sulfonamides is 1. The first kappa shape index (κ1) is 18.4. The third-order valence-electron chi connectivity index (χ3n) is 5.38. The van der Waals surface area contributed by atoms with Crippen LogP contribution in [0.3, 0.4) is 0 Å². The Bertz CT molecular complexity index is 814. The number of fused-ring (bicyclic) bond motifs is 1. The van der Waals surface area contributed by atoms with Crippen molar-refractivity contribution < 1.29 is 8.42 Å². The van der Waals surface area contributed by atoms with Gasteiger partial charge < -0.3 is 0 Å². The predicted molar refractivity (Wildman–Crippen MR) is 101 cm³/mol. The van der Waals surface area contributed by atoms with Crippen molar-refractivity contribution in [1.29, 1.82) is 0 Å². The Morgan fingerprint density at radius 1 is 0.880 bits per heavy atom. The van der Waals surface area contributed by atoms with E-state index in [-0.39, 0.29) is 12.4 Å². The van der Waals surface area contributed by atoms with E-state index in [9.17, 15) is 8.42 Å². The fourth-order valence-corrected chi connectivity index (χ4v) is 5.86. The molecule has 134 valence electrons. The first-order chi connectivity index (χ1) is 11.6. The van der Waals surface area contributed by atoms with Gasteiger partial charge in [0, 0.05) is 25.7 Å². The largest absolute Gasteiger partial charge is 0.299 e. The van der Waals surface area contributed by atoms with Crippen LogP contribution >= 0.6 is 12.4 Å². The average Bonchev–Trinajstić information content (AvgIpc) is 3.13. The molecule has 25 heavy (non-hydrogen) atoms. The van der Waals surface area contributed by atoms with Gasteiger partial charge >= 0.3 is 0 Å². The van der Waals surface area contributed by atoms with E-state index in [2.05, 4.69) is 36.2 Å². The monoisotopic (exact) mass is 378 g/mol. The van der Waals surface area contributed by atoms with Crippen LogP contribution in [0.1, 0.15) is 11.6 Å². The van der Waals surface area contributed by atoms with Gasteiger partial charge in [0.25, 0.3) is 0 Å². The number of hydrogen-bond acceptors (Lipinski definition) is 3. The lowest BCUT2D eigenvalue weighted by atomic mass is 9.90. The molecule has 0 spiro atoms. The third kappa shape index (κ3) is 3.22. The van der Waals surface area contributed by atoms with Gasteiger partial charge in [0.2, 0.25) is 10.0 Å². The van der Waals surface area contributed by atoms with Crippen molar-refractivity contribution in [3.8, 4) is 0 Å². The zero-order valence-corrected chi connectivity index (χ0v) is 15.8. The molecule has 6 heteroatoms. The van der Waals surface area contributed by atoms with Crippen LogP contribution in [0.4, 0.5) is 0 Å². The lowest BCUT2D eigenvalue weighted by Crippen LogP contribution is -2.33. The van der Waals surface area contributed by atoms with Crippen molar-refractivity contribution in [3.05, 3.63) is 66.2 Å². The normalized spacial score (nSPS) is 27.0. The lowest BCUT2D eigenvalue weighted by Gasteiger charge is -2.26. The molecule has 0 saturated carbocycles. The number of likely N-dealkylation sites (tertiary alicyclic amines) is 1. The van der Waals surface area contributed by atoms with E-state index in [0.29, 0.717) is 35.9 Å². The van der Waals surface area contributed by atoms with Gasteiger partial charge in [0.15, 0.2) is 0 Å². The highest BCUT2D eigenvalue weighted by Crippen LogP contribution is 2.45. The maximum absolute atomic E-state index is 12.9. The summed E-state index contributed by atoms with van der Waals surface area (Å²) in [6.45, 7) is 2.17. The molecular weight excluding hydrogens is 356 g/mol. The van der Waals surface area contributed by atoms with Crippen molar-refractivity contribution in [2.24, 2.45) is 11.8 Å². The number of nitrogens with zero attached hydrogens (tertiary/aromatic N) is 2. The molecule has 3 atom stereocenters. The second kappa shape index (κ2) is 7.08. The zero-order valence-electron chi connectivity index (χ0n) is 14.2. The van der Waals surface area contributed by atoms with Crippen molar-refractivity contribution in [3.63, 3.8) is 0 Å². The van der Waals surface area contributed by atoms with E-state index < -0.39 is 10.0 Å². The van der Waals surface area contributed by atoms with Crippen LogP contribution in [0.5, 0.6) is 0 Å². The Balaban J connectivity index is 0.00000182. The maximum Gasteiger partial charge on any atom is 0.243 e. The second-order valence-electron chi connectivity index (χ2n) is 6.85. The topological polar surface area (TPSA) is 40.6 Å². The molecule has 2 aliphatic rings. The van der Waals surface area contributed by atoms with E-state index in [0.717, 1.165) is 6.54 Å². The molecule has 4 rings (SSSR count). The van der Waals surface area contributed by atoms with Crippen LogP contribution in [0, 0.1) is 11.8 Å². The molecule has 0 amide bonds. The molecule has 0 bridgehead atoms. The van der Waals surface area contributed by atoms with Gasteiger partial charge in [0.05, 0.1) is 4.90 Å². The molecule has 0 aliphatic carbocycles. The summed E-state index contributed by atoms with van der Waals surface area (Å²) in [6.07, 6.45) is 0. The van der Waals surface area contributed by atoms with Gasteiger partial charge in [-0.25, -0.2) is 8.42 Å². The summed E-state index contributed by atoms with van der Waals surface area (Å²) in [5, 5.41) is 0. The van der Waals surface area contributed by atoms with E-state index in [1.54, 1.807) is 28.6 Å². The molecule has 4 nitrogen and oxygen atoms in total. The molecule has 2 aromatic rings. The molecule has 2 aliphatic heterocycles. The van der Waals surface area contributed by atoms with Gasteiger partial charge in [-0.15, -0.1) is 12.4 Å². The van der Waals surface area contributed by atoms with Gasteiger partial charge in [-0.3, -0.25) is 4.90 Å². The lowest BCUT2D eigenvalue weighted by molar-refractivity contribution is 0.261. The van der Waals surface area contributed by atoms with Crippen molar-refractivity contribution in [2.45, 2.75) is 10.9 Å². The summed E-state index contributed by atoms with van der Waals surface area (Å²) in [7, 11) is -1.24. The molecule has 2 aromatic carbocycles. The Labute approximate surface area is 155 Å². The Morgan fingerprint density at radius 3 is 2.12 bits per heavy atom. The van der Waals surface area contributed by atoms with E-state index in [4.69, 9.17) is 0 Å². The van der Waals surface area contributed by atoms with Crippen LogP contribution in [0.15, 0.2) is 65.6 Å². The molecule has 0 aromatic heterocycles. The molecular formula is C19H23ClN2O2S. The van der Waals surface area contributed by atoms with Crippen molar-refractivity contribution >= 4 is 22.4 Å². The highest BCUT2D eigenvalue weighted by molar-refractivity contribution is 7.89. The SMILES string of the molecule is CN1C[C@H]2CN(S(=O)(=O)c3ccccc3)C[C@H]2[C@@H]1c1ccccc1.Cl. The van der Waals surface area contributed by atoms with Crippen LogP contribution in [0.2, 0.25) is 0 Å². The first-order valence-corrected chi connectivity index (χ1v) is 9.82. The van der Waals surface area contributed by atoms with Gasteiger partial charge in [-0.05, 0) is 36.6 Å². The zero-order chi connectivity index (χ0) is 16.7. The minimum Gasteiger partial charge on any atom is -0.299 e. The van der Waals surface area contributed by atoms with E-state index in [1.807, 2.05) is 12.1 Å². The average molecular weight is 379 g/mol. The fraction of sp³-hybridized carbons (Fsp3) is 0.368. The first-order valence-electron chi connectivity index (χ1n) is 8.38. The van der Waals surface area contributed by atoms with Crippen molar-refractivity contribution in [1.82, 2.24) is 9.21 Å². The molecule has 2 heterocycles. The van der Waals surface area contributed by atoms with Crippen molar-refractivity contribution in [2.75, 3.05) is 26.7 Å². The second-order valence-corrected chi connectivity index (χ2v) is 8.79. The standard InChI is InChI=1S/C19H22N2O2S.ClH/c1-20-12-16-13-21(24(22,23)17-10-6-3-7-11-17)14-18(16)19(20)15-8-4-2-5-9-15;/h2-11,16,18-19H,12-14H2,1H3;1H/t16-,18+,19-;/m0./s1. The molecule has 2 fully saturated rings. The maximum atomic E-state index is 12.9. The predicted octanol–water partition coefficient (Wildman–Crippen LogP) is 3.03. The third-order valence-corrected chi connectivity index (χ3v) is 7.23. The smallest absolute Gasteiger partial charge is 0.243 e. The van der Waals surface area contributed by atoms with Crippen LogP contribution in [-0.2, 0) is 10.0 Å². The van der Waals surface area contributed by atoms with Gasteiger partial charge in [-0.1, -0.05) is 48.5 Å². The summed E-state index contributed by atoms with van der Waals surface area (Å²) < 4.78 is 27.5. The summed E-state index contributed by atoms with van der Waals surface area (Å²) in [5.41, 5.74) is 1.28. The highest BCUT2D eigenvalue weighted by Gasteiger charge is 2.48. The Morgan fingerprint density at radius 2 is 1.48 bits per heavy atom. The van der Waals surface area contributed by atoms with E-state index >= 15 is 0 Å². The number of benzene rings is 2. The van der Waals surface area contributed by atoms with Gasteiger partial charge in [0.1, 0.15) is 0 Å². The highest BCUT2D eigenvalue weighted by atomic mass is 35.5. The quantitative estimate of drug-likeness (QED) is 0.824.